The van der Waals surface area contributed by atoms with Crippen molar-refractivity contribution in [2.75, 3.05) is 6.54 Å². The van der Waals surface area contributed by atoms with Gasteiger partial charge in [-0.25, -0.2) is 9.67 Å². The molecule has 0 aliphatic rings. The quantitative estimate of drug-likeness (QED) is 0.628. The Morgan fingerprint density at radius 2 is 1.95 bits per heavy atom. The van der Waals surface area contributed by atoms with Crippen LogP contribution in [0.25, 0.3) is 0 Å². The lowest BCUT2D eigenvalue weighted by molar-refractivity contribution is 0.423. The number of aromatic nitrogens is 3. The van der Waals surface area contributed by atoms with Gasteiger partial charge in [0.1, 0.15) is 12.2 Å². The van der Waals surface area contributed by atoms with Gasteiger partial charge in [0, 0.05) is 18.5 Å². The molecule has 1 rings (SSSR count). The van der Waals surface area contributed by atoms with Gasteiger partial charge < -0.3 is 5.32 Å². The number of nitrogens with one attached hydrogen (secondary N) is 1. The van der Waals surface area contributed by atoms with Crippen molar-refractivity contribution in [3.8, 4) is 0 Å². The first-order valence-electron chi connectivity index (χ1n) is 8.30. The van der Waals surface area contributed by atoms with E-state index < -0.39 is 0 Å². The van der Waals surface area contributed by atoms with Crippen LogP contribution in [0.1, 0.15) is 78.1 Å². The molecule has 0 aromatic carbocycles. The summed E-state index contributed by atoms with van der Waals surface area (Å²) in [4.78, 5) is 4.44. The molecule has 20 heavy (non-hydrogen) atoms. The van der Waals surface area contributed by atoms with Crippen LogP contribution in [-0.2, 0) is 6.42 Å². The lowest BCUT2D eigenvalue weighted by Gasteiger charge is -2.19. The highest BCUT2D eigenvalue weighted by Gasteiger charge is 2.14. The molecular weight excluding hydrogens is 248 g/mol. The van der Waals surface area contributed by atoms with Crippen molar-refractivity contribution in [2.24, 2.45) is 0 Å². The smallest absolute Gasteiger partial charge is 0.138 e. The number of rotatable bonds is 11. The molecule has 116 valence electrons. The predicted molar refractivity (Wildman–Crippen MR) is 85.0 cm³/mol. The molecule has 0 bridgehead atoms. The van der Waals surface area contributed by atoms with Crippen LogP contribution in [0.5, 0.6) is 0 Å². The average Bonchev–Trinajstić information content (AvgIpc) is 2.88. The molecule has 0 aliphatic heterocycles. The van der Waals surface area contributed by atoms with E-state index >= 15 is 0 Å². The summed E-state index contributed by atoms with van der Waals surface area (Å²) in [6, 6.07) is 0.924. The second kappa shape index (κ2) is 9.92. The van der Waals surface area contributed by atoms with Crippen LogP contribution >= 0.6 is 0 Å². The van der Waals surface area contributed by atoms with Crippen molar-refractivity contribution in [1.82, 2.24) is 20.1 Å². The van der Waals surface area contributed by atoms with Gasteiger partial charge in [-0.2, -0.15) is 5.10 Å². The molecule has 4 heteroatoms. The Morgan fingerprint density at radius 1 is 1.15 bits per heavy atom. The molecule has 0 saturated carbocycles. The molecule has 4 nitrogen and oxygen atoms in total. The summed E-state index contributed by atoms with van der Waals surface area (Å²) >= 11 is 0. The van der Waals surface area contributed by atoms with Crippen molar-refractivity contribution in [3.05, 3.63) is 12.2 Å². The Balaban J connectivity index is 2.51. The summed E-state index contributed by atoms with van der Waals surface area (Å²) in [5.74, 6) is 1.11. The SMILES string of the molecule is CCCCCCC(Cc1ncnn1C(C)C)NCCC. The molecule has 0 fully saturated rings. The molecule has 0 saturated heterocycles. The third-order valence-corrected chi connectivity index (χ3v) is 3.65. The molecule has 1 unspecified atom stereocenters. The van der Waals surface area contributed by atoms with Gasteiger partial charge in [0.05, 0.1) is 0 Å². The zero-order valence-electron chi connectivity index (χ0n) is 13.7. The molecule has 0 radical (unpaired) electrons. The Labute approximate surface area is 124 Å². The Bertz CT molecular complexity index is 346. The van der Waals surface area contributed by atoms with Crippen molar-refractivity contribution >= 4 is 0 Å². The van der Waals surface area contributed by atoms with E-state index in [0.717, 1.165) is 18.8 Å². The van der Waals surface area contributed by atoms with E-state index in [-0.39, 0.29) is 0 Å². The average molecular weight is 280 g/mol. The van der Waals surface area contributed by atoms with Crippen LogP contribution in [-0.4, -0.2) is 27.4 Å². The summed E-state index contributed by atoms with van der Waals surface area (Å²) in [7, 11) is 0. The van der Waals surface area contributed by atoms with Crippen LogP contribution in [0.4, 0.5) is 0 Å². The molecule has 0 spiro atoms. The van der Waals surface area contributed by atoms with E-state index in [1.165, 1.54) is 38.5 Å². The van der Waals surface area contributed by atoms with Gasteiger partial charge in [0.25, 0.3) is 0 Å². The van der Waals surface area contributed by atoms with E-state index in [9.17, 15) is 0 Å². The maximum Gasteiger partial charge on any atom is 0.138 e. The molecule has 1 N–H and O–H groups in total. The van der Waals surface area contributed by atoms with Crippen LogP contribution < -0.4 is 5.32 Å². The third-order valence-electron chi connectivity index (χ3n) is 3.65. The monoisotopic (exact) mass is 280 g/mol. The fraction of sp³-hybridized carbons (Fsp3) is 0.875. The highest BCUT2D eigenvalue weighted by Crippen LogP contribution is 2.12. The highest BCUT2D eigenvalue weighted by molar-refractivity contribution is 4.91. The van der Waals surface area contributed by atoms with Gasteiger partial charge >= 0.3 is 0 Å². The molecule has 0 amide bonds. The number of unbranched alkanes of at least 4 members (excludes halogenated alkanes) is 3. The summed E-state index contributed by atoms with van der Waals surface area (Å²) < 4.78 is 2.05. The second-order valence-electron chi connectivity index (χ2n) is 5.92. The topological polar surface area (TPSA) is 42.7 Å². The van der Waals surface area contributed by atoms with Gasteiger partial charge in [-0.15, -0.1) is 0 Å². The van der Waals surface area contributed by atoms with Crippen LogP contribution in [0, 0.1) is 0 Å². The van der Waals surface area contributed by atoms with Gasteiger partial charge in [0.15, 0.2) is 0 Å². The molecule has 0 aliphatic carbocycles. The fourth-order valence-corrected chi connectivity index (χ4v) is 2.51. The van der Waals surface area contributed by atoms with E-state index in [2.05, 4.69) is 43.1 Å². The zero-order chi connectivity index (χ0) is 14.8. The number of hydrogen-bond acceptors (Lipinski definition) is 3. The van der Waals surface area contributed by atoms with Crippen molar-refractivity contribution < 1.29 is 0 Å². The summed E-state index contributed by atoms with van der Waals surface area (Å²) in [5.41, 5.74) is 0. The molecule has 1 atom stereocenters. The van der Waals surface area contributed by atoms with E-state index in [4.69, 9.17) is 0 Å². The minimum Gasteiger partial charge on any atom is -0.314 e. The lowest BCUT2D eigenvalue weighted by atomic mass is 10.0. The minimum atomic E-state index is 0.388. The van der Waals surface area contributed by atoms with E-state index in [1.54, 1.807) is 6.33 Å². The number of nitrogens with zero attached hydrogens (tertiary/aromatic N) is 3. The third kappa shape index (κ3) is 6.04. The van der Waals surface area contributed by atoms with Crippen molar-refractivity contribution in [2.45, 2.75) is 84.7 Å². The van der Waals surface area contributed by atoms with Crippen molar-refractivity contribution in [3.63, 3.8) is 0 Å². The number of hydrogen-bond donors (Lipinski definition) is 1. The lowest BCUT2D eigenvalue weighted by Crippen LogP contribution is -2.33. The zero-order valence-corrected chi connectivity index (χ0v) is 13.7. The van der Waals surface area contributed by atoms with Gasteiger partial charge in [-0.1, -0.05) is 39.5 Å². The largest absolute Gasteiger partial charge is 0.314 e. The van der Waals surface area contributed by atoms with Crippen LogP contribution in [0.3, 0.4) is 0 Å². The maximum atomic E-state index is 4.44. The fourth-order valence-electron chi connectivity index (χ4n) is 2.51. The minimum absolute atomic E-state index is 0.388. The van der Waals surface area contributed by atoms with E-state index in [1.807, 2.05) is 4.68 Å². The Kier molecular flexibility index (Phi) is 8.51. The Hall–Kier alpha value is -0.900. The van der Waals surface area contributed by atoms with Gasteiger partial charge in [-0.05, 0) is 33.2 Å². The molecule has 1 aromatic heterocycles. The van der Waals surface area contributed by atoms with Gasteiger partial charge in [-0.3, -0.25) is 0 Å². The molecule has 1 heterocycles. The predicted octanol–water partition coefficient (Wildman–Crippen LogP) is 3.74. The normalized spacial score (nSPS) is 13.1. The molecule has 1 aromatic rings. The standard InChI is InChI=1S/C16H32N4/c1-5-7-8-9-10-15(17-11-6-2)12-16-18-13-19-20(16)14(3)4/h13-15,17H,5-12H2,1-4H3. The summed E-state index contributed by atoms with van der Waals surface area (Å²) in [6.07, 6.45) is 10.4. The van der Waals surface area contributed by atoms with Crippen LogP contribution in [0.15, 0.2) is 6.33 Å². The second-order valence-corrected chi connectivity index (χ2v) is 5.92. The first kappa shape index (κ1) is 17.2. The summed E-state index contributed by atoms with van der Waals surface area (Å²) in [5, 5.41) is 8.01. The van der Waals surface area contributed by atoms with Crippen molar-refractivity contribution in [1.29, 1.82) is 0 Å². The van der Waals surface area contributed by atoms with Gasteiger partial charge in [0.2, 0.25) is 0 Å². The first-order chi connectivity index (χ1) is 9.69. The maximum absolute atomic E-state index is 4.44. The summed E-state index contributed by atoms with van der Waals surface area (Å²) in [6.45, 7) is 9.89. The molecular formula is C16H32N4. The first-order valence-corrected chi connectivity index (χ1v) is 8.30. The highest BCUT2D eigenvalue weighted by atomic mass is 15.3. The Morgan fingerprint density at radius 3 is 2.60 bits per heavy atom. The van der Waals surface area contributed by atoms with Crippen LogP contribution in [0.2, 0.25) is 0 Å². The van der Waals surface area contributed by atoms with E-state index in [0.29, 0.717) is 12.1 Å².